The Hall–Kier alpha value is -0.930. The lowest BCUT2D eigenvalue weighted by Crippen LogP contribution is -2.43. The number of likely N-dealkylation sites (tertiary alicyclic amines) is 1. The molecule has 0 radical (unpaired) electrons. The second-order valence-corrected chi connectivity index (χ2v) is 4.58. The molecule has 1 aliphatic rings. The van der Waals surface area contributed by atoms with E-state index in [4.69, 9.17) is 5.73 Å². The van der Waals surface area contributed by atoms with E-state index < -0.39 is 0 Å². The Kier molecular flexibility index (Phi) is 3.91. The predicted molar refractivity (Wildman–Crippen MR) is 63.8 cm³/mol. The number of rotatable bonds is 3. The molecule has 0 spiro atoms. The van der Waals surface area contributed by atoms with E-state index >= 15 is 0 Å². The van der Waals surface area contributed by atoms with Crippen LogP contribution in [0.4, 0.5) is 4.39 Å². The highest BCUT2D eigenvalue weighted by molar-refractivity contribution is 5.16. The van der Waals surface area contributed by atoms with Crippen molar-refractivity contribution >= 4 is 0 Å². The quantitative estimate of drug-likeness (QED) is 0.845. The fraction of sp³-hybridized carbons (Fsp3) is 0.538. The van der Waals surface area contributed by atoms with E-state index in [0.29, 0.717) is 6.04 Å². The zero-order valence-electron chi connectivity index (χ0n) is 9.53. The molecule has 1 aliphatic heterocycles. The lowest BCUT2D eigenvalue weighted by atomic mass is 10.1. The number of hydrogen-bond donors (Lipinski definition) is 1. The second-order valence-electron chi connectivity index (χ2n) is 4.58. The number of benzene rings is 1. The van der Waals surface area contributed by atoms with Crippen LogP contribution in [0.5, 0.6) is 0 Å². The van der Waals surface area contributed by atoms with Gasteiger partial charge in [0.15, 0.2) is 0 Å². The van der Waals surface area contributed by atoms with E-state index in [2.05, 4.69) is 4.90 Å². The first-order valence-electron chi connectivity index (χ1n) is 5.96. The maximum atomic E-state index is 13.0. The molecule has 2 rings (SSSR count). The molecule has 1 aromatic carbocycles. The van der Waals surface area contributed by atoms with Crippen molar-refractivity contribution in [2.24, 2.45) is 5.73 Å². The minimum Gasteiger partial charge on any atom is -0.327 e. The molecule has 2 nitrogen and oxygen atoms in total. The Morgan fingerprint density at radius 2 is 2.31 bits per heavy atom. The van der Waals surface area contributed by atoms with Gasteiger partial charge in [0.2, 0.25) is 0 Å². The van der Waals surface area contributed by atoms with Crippen LogP contribution in [0.25, 0.3) is 0 Å². The topological polar surface area (TPSA) is 29.3 Å². The summed E-state index contributed by atoms with van der Waals surface area (Å²) in [6.07, 6.45) is 3.23. The average molecular weight is 222 g/mol. The van der Waals surface area contributed by atoms with Crippen LogP contribution in [0, 0.1) is 5.82 Å². The van der Waals surface area contributed by atoms with Crippen LogP contribution in [0.15, 0.2) is 24.3 Å². The molecule has 1 fully saturated rings. The van der Waals surface area contributed by atoms with Gasteiger partial charge in [-0.25, -0.2) is 4.39 Å². The minimum absolute atomic E-state index is 0.146. The van der Waals surface area contributed by atoms with Gasteiger partial charge in [0.05, 0.1) is 0 Å². The number of nitrogens with two attached hydrogens (primary N) is 1. The summed E-state index contributed by atoms with van der Waals surface area (Å²) in [7, 11) is 0. The van der Waals surface area contributed by atoms with Gasteiger partial charge in [0, 0.05) is 19.1 Å². The maximum Gasteiger partial charge on any atom is 0.123 e. The lowest BCUT2D eigenvalue weighted by Gasteiger charge is -2.30. The van der Waals surface area contributed by atoms with E-state index in [-0.39, 0.29) is 5.82 Å². The van der Waals surface area contributed by atoms with Crippen molar-refractivity contribution in [3.05, 3.63) is 35.6 Å². The highest BCUT2D eigenvalue weighted by Crippen LogP contribution is 2.10. The van der Waals surface area contributed by atoms with Crippen molar-refractivity contribution in [2.75, 3.05) is 19.6 Å². The fourth-order valence-electron chi connectivity index (χ4n) is 2.27. The molecule has 2 N–H and O–H groups in total. The van der Waals surface area contributed by atoms with E-state index in [1.165, 1.54) is 12.5 Å². The van der Waals surface area contributed by atoms with Crippen LogP contribution in [-0.4, -0.2) is 30.6 Å². The Morgan fingerprint density at radius 3 is 3.06 bits per heavy atom. The number of nitrogens with zero attached hydrogens (tertiary/aromatic N) is 1. The van der Waals surface area contributed by atoms with Gasteiger partial charge in [-0.3, -0.25) is 0 Å². The van der Waals surface area contributed by atoms with Gasteiger partial charge in [-0.15, -0.1) is 0 Å². The molecular weight excluding hydrogens is 203 g/mol. The SMILES string of the molecule is NC1CCCN(CCc2cccc(F)c2)C1. The summed E-state index contributed by atoms with van der Waals surface area (Å²) in [5.74, 6) is -0.146. The summed E-state index contributed by atoms with van der Waals surface area (Å²) in [6, 6.07) is 7.17. The molecule has 1 saturated heterocycles. The third-order valence-corrected chi connectivity index (χ3v) is 3.15. The zero-order valence-corrected chi connectivity index (χ0v) is 9.53. The molecular formula is C13H19FN2. The predicted octanol–water partition coefficient (Wildman–Crippen LogP) is 1.79. The highest BCUT2D eigenvalue weighted by Gasteiger charge is 2.15. The van der Waals surface area contributed by atoms with E-state index in [0.717, 1.165) is 38.0 Å². The summed E-state index contributed by atoms with van der Waals surface area (Å²) >= 11 is 0. The van der Waals surface area contributed by atoms with Crippen molar-refractivity contribution in [3.8, 4) is 0 Å². The summed E-state index contributed by atoms with van der Waals surface area (Å²) < 4.78 is 13.0. The molecule has 0 bridgehead atoms. The molecule has 1 aromatic rings. The maximum absolute atomic E-state index is 13.0. The summed E-state index contributed by atoms with van der Waals surface area (Å²) in [6.45, 7) is 3.09. The largest absolute Gasteiger partial charge is 0.327 e. The van der Waals surface area contributed by atoms with Gasteiger partial charge in [0.1, 0.15) is 5.82 Å². The number of halogens is 1. The van der Waals surface area contributed by atoms with Crippen LogP contribution < -0.4 is 5.73 Å². The standard InChI is InChI=1S/C13H19FN2/c14-12-4-1-3-11(9-12)6-8-16-7-2-5-13(15)10-16/h1,3-4,9,13H,2,5-8,10,15H2. The first-order chi connectivity index (χ1) is 7.74. The molecule has 0 saturated carbocycles. The van der Waals surface area contributed by atoms with Gasteiger partial charge >= 0.3 is 0 Å². The Labute approximate surface area is 96.2 Å². The molecule has 0 amide bonds. The van der Waals surface area contributed by atoms with Crippen LogP contribution in [0.1, 0.15) is 18.4 Å². The third-order valence-electron chi connectivity index (χ3n) is 3.15. The second kappa shape index (κ2) is 5.41. The van der Waals surface area contributed by atoms with Crippen LogP contribution in [-0.2, 0) is 6.42 Å². The monoisotopic (exact) mass is 222 g/mol. The third kappa shape index (κ3) is 3.29. The summed E-state index contributed by atoms with van der Waals surface area (Å²) in [5.41, 5.74) is 6.99. The van der Waals surface area contributed by atoms with Crippen LogP contribution >= 0.6 is 0 Å². The molecule has 3 heteroatoms. The minimum atomic E-state index is -0.146. The first kappa shape index (κ1) is 11.6. The van der Waals surface area contributed by atoms with Crippen molar-refractivity contribution in [1.82, 2.24) is 4.90 Å². The highest BCUT2D eigenvalue weighted by atomic mass is 19.1. The Morgan fingerprint density at radius 1 is 1.44 bits per heavy atom. The van der Waals surface area contributed by atoms with E-state index in [1.54, 1.807) is 12.1 Å². The van der Waals surface area contributed by atoms with Gasteiger partial charge in [-0.2, -0.15) is 0 Å². The summed E-state index contributed by atoms with van der Waals surface area (Å²) in [5, 5.41) is 0. The van der Waals surface area contributed by atoms with Crippen LogP contribution in [0.2, 0.25) is 0 Å². The molecule has 1 atom stereocenters. The van der Waals surface area contributed by atoms with E-state index in [9.17, 15) is 4.39 Å². The van der Waals surface area contributed by atoms with Crippen molar-refractivity contribution in [1.29, 1.82) is 0 Å². The molecule has 1 heterocycles. The van der Waals surface area contributed by atoms with Crippen molar-refractivity contribution < 1.29 is 4.39 Å². The molecule has 88 valence electrons. The van der Waals surface area contributed by atoms with Crippen LogP contribution in [0.3, 0.4) is 0 Å². The fourth-order valence-corrected chi connectivity index (χ4v) is 2.27. The Balaban J connectivity index is 1.82. The zero-order chi connectivity index (χ0) is 11.4. The molecule has 0 aliphatic carbocycles. The van der Waals surface area contributed by atoms with Crippen molar-refractivity contribution in [3.63, 3.8) is 0 Å². The normalized spacial score (nSPS) is 22.2. The van der Waals surface area contributed by atoms with Crippen molar-refractivity contribution in [2.45, 2.75) is 25.3 Å². The molecule has 1 unspecified atom stereocenters. The molecule has 16 heavy (non-hydrogen) atoms. The number of piperidine rings is 1. The van der Waals surface area contributed by atoms with Gasteiger partial charge in [-0.05, 0) is 43.5 Å². The smallest absolute Gasteiger partial charge is 0.123 e. The number of hydrogen-bond acceptors (Lipinski definition) is 2. The van der Waals surface area contributed by atoms with Gasteiger partial charge in [-0.1, -0.05) is 12.1 Å². The van der Waals surface area contributed by atoms with Gasteiger partial charge < -0.3 is 10.6 Å². The average Bonchev–Trinajstić information content (AvgIpc) is 2.27. The summed E-state index contributed by atoms with van der Waals surface area (Å²) in [4.78, 5) is 2.37. The lowest BCUT2D eigenvalue weighted by molar-refractivity contribution is 0.211. The van der Waals surface area contributed by atoms with E-state index in [1.807, 2.05) is 6.07 Å². The van der Waals surface area contributed by atoms with Gasteiger partial charge in [0.25, 0.3) is 0 Å². The first-order valence-corrected chi connectivity index (χ1v) is 5.96. The Bertz CT molecular complexity index is 340. The molecule has 0 aromatic heterocycles.